The maximum atomic E-state index is 13.5. The molecule has 2 rings (SSSR count). The third-order valence-electron chi connectivity index (χ3n) is 3.01. The molecule has 0 unspecified atom stereocenters. The van der Waals surface area contributed by atoms with Gasteiger partial charge < -0.3 is 5.32 Å². The number of carbonyl (C=O) groups excluding carboxylic acids is 1. The van der Waals surface area contributed by atoms with Gasteiger partial charge in [0.15, 0.2) is 0 Å². The average Bonchev–Trinajstić information content (AvgIpc) is 2.42. The van der Waals surface area contributed by atoms with Crippen molar-refractivity contribution in [3.63, 3.8) is 0 Å². The summed E-state index contributed by atoms with van der Waals surface area (Å²) in [5.74, 6) is -0.465. The monoisotopic (exact) mass is 335 g/mol. The molecule has 0 aliphatic rings. The molecule has 1 amide bonds. The molecule has 20 heavy (non-hydrogen) atoms. The molecule has 0 spiro atoms. The van der Waals surface area contributed by atoms with Crippen LogP contribution in [0.15, 0.2) is 46.9 Å². The Morgan fingerprint density at radius 3 is 2.55 bits per heavy atom. The van der Waals surface area contributed by atoms with Crippen molar-refractivity contribution in [2.24, 2.45) is 0 Å². The number of hydrogen-bond acceptors (Lipinski definition) is 1. The molecular weight excluding hydrogens is 321 g/mol. The quantitative estimate of drug-likeness (QED) is 0.843. The normalized spacial score (nSPS) is 10.7. The van der Waals surface area contributed by atoms with E-state index in [-0.39, 0.29) is 5.91 Å². The number of amides is 1. The summed E-state index contributed by atoms with van der Waals surface area (Å²) < 4.78 is 13.8. The van der Waals surface area contributed by atoms with Crippen LogP contribution in [0.25, 0.3) is 0 Å². The average molecular weight is 336 g/mol. The van der Waals surface area contributed by atoms with Crippen molar-refractivity contribution in [1.29, 1.82) is 0 Å². The van der Waals surface area contributed by atoms with E-state index >= 15 is 0 Å². The van der Waals surface area contributed by atoms with E-state index in [1.165, 1.54) is 12.1 Å². The van der Waals surface area contributed by atoms with Crippen LogP contribution < -0.4 is 5.32 Å². The fourth-order valence-electron chi connectivity index (χ4n) is 1.95. The molecule has 0 saturated heterocycles. The first-order chi connectivity index (χ1) is 9.49. The largest absolute Gasteiger partial charge is 0.322 e. The SMILES string of the molecule is CC(C)c1ccccc1NC(=O)c1ccc(Br)c(F)c1. The molecule has 1 N–H and O–H groups in total. The Kier molecular flexibility index (Phi) is 4.55. The highest BCUT2D eigenvalue weighted by atomic mass is 79.9. The summed E-state index contributed by atoms with van der Waals surface area (Å²) in [4.78, 5) is 12.2. The smallest absolute Gasteiger partial charge is 0.255 e. The van der Waals surface area contributed by atoms with E-state index in [9.17, 15) is 9.18 Å². The van der Waals surface area contributed by atoms with E-state index < -0.39 is 5.82 Å². The summed E-state index contributed by atoms with van der Waals surface area (Å²) in [5, 5.41) is 2.83. The first kappa shape index (κ1) is 14.7. The number of hydrogen-bond donors (Lipinski definition) is 1. The Morgan fingerprint density at radius 1 is 1.20 bits per heavy atom. The first-order valence-corrected chi connectivity index (χ1v) is 7.13. The topological polar surface area (TPSA) is 29.1 Å². The molecule has 0 heterocycles. The van der Waals surface area contributed by atoms with Crippen molar-refractivity contribution in [1.82, 2.24) is 0 Å². The lowest BCUT2D eigenvalue weighted by molar-refractivity contribution is 0.102. The fraction of sp³-hybridized carbons (Fsp3) is 0.188. The van der Waals surface area contributed by atoms with Crippen molar-refractivity contribution in [2.45, 2.75) is 19.8 Å². The van der Waals surface area contributed by atoms with Crippen molar-refractivity contribution in [3.8, 4) is 0 Å². The van der Waals surface area contributed by atoms with E-state index in [2.05, 4.69) is 35.1 Å². The van der Waals surface area contributed by atoms with Gasteiger partial charge in [0.05, 0.1) is 4.47 Å². The summed E-state index contributed by atoms with van der Waals surface area (Å²) in [6.45, 7) is 4.12. The fourth-order valence-corrected chi connectivity index (χ4v) is 2.19. The highest BCUT2D eigenvalue weighted by Crippen LogP contribution is 2.24. The van der Waals surface area contributed by atoms with Crippen LogP contribution in [0.2, 0.25) is 0 Å². The maximum Gasteiger partial charge on any atom is 0.255 e. The van der Waals surface area contributed by atoms with Gasteiger partial charge in [-0.15, -0.1) is 0 Å². The highest BCUT2D eigenvalue weighted by Gasteiger charge is 2.12. The molecule has 0 aliphatic heterocycles. The Bertz CT molecular complexity index is 640. The van der Waals surface area contributed by atoms with Crippen LogP contribution in [0.1, 0.15) is 35.7 Å². The van der Waals surface area contributed by atoms with Crippen LogP contribution in [0, 0.1) is 5.82 Å². The van der Waals surface area contributed by atoms with Gasteiger partial charge in [0.2, 0.25) is 0 Å². The van der Waals surface area contributed by atoms with Gasteiger partial charge in [0, 0.05) is 11.3 Å². The second-order valence-corrected chi connectivity index (χ2v) is 5.68. The molecule has 104 valence electrons. The third-order valence-corrected chi connectivity index (χ3v) is 3.66. The summed E-state index contributed by atoms with van der Waals surface area (Å²) in [7, 11) is 0. The number of benzene rings is 2. The second-order valence-electron chi connectivity index (χ2n) is 4.82. The van der Waals surface area contributed by atoms with E-state index in [4.69, 9.17) is 0 Å². The third kappa shape index (κ3) is 3.25. The molecule has 0 radical (unpaired) electrons. The van der Waals surface area contributed by atoms with E-state index in [1.54, 1.807) is 6.07 Å². The zero-order valence-corrected chi connectivity index (χ0v) is 12.9. The zero-order valence-electron chi connectivity index (χ0n) is 11.3. The molecular formula is C16H15BrFNO. The molecule has 2 aromatic rings. The lowest BCUT2D eigenvalue weighted by Crippen LogP contribution is -2.13. The molecule has 0 aliphatic carbocycles. The Balaban J connectivity index is 2.26. The van der Waals surface area contributed by atoms with Gasteiger partial charge in [-0.1, -0.05) is 32.0 Å². The van der Waals surface area contributed by atoms with Crippen molar-refractivity contribution < 1.29 is 9.18 Å². The number of nitrogens with one attached hydrogen (secondary N) is 1. The van der Waals surface area contributed by atoms with E-state index in [1.807, 2.05) is 24.3 Å². The molecule has 0 bridgehead atoms. The molecule has 0 atom stereocenters. The molecule has 2 nitrogen and oxygen atoms in total. The van der Waals surface area contributed by atoms with E-state index in [0.29, 0.717) is 16.0 Å². The minimum atomic E-state index is -0.449. The number of para-hydroxylation sites is 1. The molecule has 0 fully saturated rings. The Labute approximate surface area is 126 Å². The Hall–Kier alpha value is -1.68. The molecule has 4 heteroatoms. The van der Waals surface area contributed by atoms with Crippen LogP contribution in [-0.2, 0) is 0 Å². The number of carbonyl (C=O) groups is 1. The lowest BCUT2D eigenvalue weighted by atomic mass is 10.0. The summed E-state index contributed by atoms with van der Waals surface area (Å²) in [6, 6.07) is 12.0. The van der Waals surface area contributed by atoms with Gasteiger partial charge in [-0.25, -0.2) is 4.39 Å². The van der Waals surface area contributed by atoms with Crippen molar-refractivity contribution in [3.05, 3.63) is 63.9 Å². The Morgan fingerprint density at radius 2 is 1.90 bits per heavy atom. The van der Waals surface area contributed by atoms with Gasteiger partial charge in [-0.05, 0) is 51.7 Å². The highest BCUT2D eigenvalue weighted by molar-refractivity contribution is 9.10. The van der Waals surface area contributed by atoms with Crippen LogP contribution in [-0.4, -0.2) is 5.91 Å². The standard InChI is InChI=1S/C16H15BrFNO/c1-10(2)12-5-3-4-6-15(12)19-16(20)11-7-8-13(17)14(18)9-11/h3-10H,1-2H3,(H,19,20). The van der Waals surface area contributed by atoms with Gasteiger partial charge >= 0.3 is 0 Å². The first-order valence-electron chi connectivity index (χ1n) is 6.34. The predicted octanol–water partition coefficient (Wildman–Crippen LogP) is 4.96. The van der Waals surface area contributed by atoms with Gasteiger partial charge in [-0.2, -0.15) is 0 Å². The minimum Gasteiger partial charge on any atom is -0.322 e. The maximum absolute atomic E-state index is 13.5. The predicted molar refractivity (Wildman–Crippen MR) is 82.6 cm³/mol. The summed E-state index contributed by atoms with van der Waals surface area (Å²) >= 11 is 3.07. The molecule has 0 saturated carbocycles. The van der Waals surface area contributed by atoms with Crippen LogP contribution in [0.3, 0.4) is 0 Å². The van der Waals surface area contributed by atoms with Crippen molar-refractivity contribution in [2.75, 3.05) is 5.32 Å². The van der Waals surface area contributed by atoms with E-state index in [0.717, 1.165) is 11.3 Å². The molecule has 0 aromatic heterocycles. The van der Waals surface area contributed by atoms with Crippen molar-refractivity contribution >= 4 is 27.5 Å². The van der Waals surface area contributed by atoms with Crippen LogP contribution in [0.5, 0.6) is 0 Å². The minimum absolute atomic E-state index is 0.296. The number of anilines is 1. The number of halogens is 2. The molecule has 2 aromatic carbocycles. The zero-order chi connectivity index (χ0) is 14.7. The lowest BCUT2D eigenvalue weighted by Gasteiger charge is -2.13. The van der Waals surface area contributed by atoms with Crippen LogP contribution >= 0.6 is 15.9 Å². The van der Waals surface area contributed by atoms with Crippen LogP contribution in [0.4, 0.5) is 10.1 Å². The summed E-state index contributed by atoms with van der Waals surface area (Å²) in [6.07, 6.45) is 0. The van der Waals surface area contributed by atoms with Gasteiger partial charge in [0.25, 0.3) is 5.91 Å². The second kappa shape index (κ2) is 6.18. The van der Waals surface area contributed by atoms with Gasteiger partial charge in [0.1, 0.15) is 5.82 Å². The number of rotatable bonds is 3. The summed E-state index contributed by atoms with van der Waals surface area (Å²) in [5.41, 5.74) is 2.11. The van der Waals surface area contributed by atoms with Gasteiger partial charge in [-0.3, -0.25) is 4.79 Å².